The fourth-order valence-electron chi connectivity index (χ4n) is 7.75. The number of nitrogens with one attached hydrogen (secondary N) is 2. The zero-order valence-corrected chi connectivity index (χ0v) is 35.0. The van der Waals surface area contributed by atoms with Crippen molar-refractivity contribution in [2.75, 3.05) is 34.9 Å². The maximum atomic E-state index is 14.3. The fraction of sp³-hybridized carbons (Fsp3) is 0.707. The average molecular weight is 774 g/mol. The molecular weight excluding hydrogens is 706 g/mol. The highest BCUT2D eigenvalue weighted by Gasteiger charge is 2.43. The van der Waals surface area contributed by atoms with Crippen LogP contribution in [0.3, 0.4) is 0 Å². The number of methoxy groups -OCH3 is 2. The Labute approximate surface area is 328 Å². The quantitative estimate of drug-likeness (QED) is 0.169. The van der Waals surface area contributed by atoms with E-state index in [-0.39, 0.29) is 48.3 Å². The van der Waals surface area contributed by atoms with E-state index in [1.807, 2.05) is 59.7 Å². The van der Waals surface area contributed by atoms with Crippen molar-refractivity contribution in [3.63, 3.8) is 0 Å². The Morgan fingerprint density at radius 3 is 2.00 bits per heavy atom. The van der Waals surface area contributed by atoms with Crippen molar-refractivity contribution in [1.29, 1.82) is 0 Å². The Morgan fingerprint density at radius 1 is 0.891 bits per heavy atom. The topological polar surface area (TPSA) is 175 Å². The molecule has 55 heavy (non-hydrogen) atoms. The van der Waals surface area contributed by atoms with Gasteiger partial charge in [0.05, 0.1) is 36.6 Å². The molecule has 5 amide bonds. The van der Waals surface area contributed by atoms with Crippen LogP contribution >= 0.6 is 0 Å². The van der Waals surface area contributed by atoms with Crippen LogP contribution in [0.5, 0.6) is 0 Å². The molecule has 1 heterocycles. The Morgan fingerprint density at radius 2 is 1.51 bits per heavy atom. The lowest BCUT2D eigenvalue weighted by Gasteiger charge is -2.41. The summed E-state index contributed by atoms with van der Waals surface area (Å²) in [5, 5.41) is 15.5. The number of carbonyl (C=O) groups excluding carboxylic acids is 5. The standard InChI is InChI=1S/C41H67N5O9/c1-13-26(6)36(45(10)40(51)34(24(2)3)43-39(50)35(25(4)5)44(9)28(8)47)32(54-11)23-33(48)46-21-17-20-31(46)37(55-12)27(7)38(49)42-30(41(52)53)22-29-18-15-14-16-19-29/h14-16,18-19,24-27,30-32,34-37H,13,17,20-23H2,1-12H3,(H,42,49)(H,43,50)(H,52,53)/t26-,27+,30-,31-,32+,34-,35?,36-,37+/m0/s1. The van der Waals surface area contributed by atoms with E-state index < -0.39 is 66.1 Å². The molecule has 0 radical (unpaired) electrons. The van der Waals surface area contributed by atoms with E-state index in [4.69, 9.17) is 9.47 Å². The third-order valence-electron chi connectivity index (χ3n) is 11.2. The second kappa shape index (κ2) is 21.9. The monoisotopic (exact) mass is 773 g/mol. The predicted octanol–water partition coefficient (Wildman–Crippen LogP) is 3.36. The molecule has 9 atom stereocenters. The van der Waals surface area contributed by atoms with Crippen molar-refractivity contribution in [1.82, 2.24) is 25.3 Å². The molecule has 0 saturated carbocycles. The number of hydrogen-bond acceptors (Lipinski definition) is 8. The van der Waals surface area contributed by atoms with Gasteiger partial charge in [0.25, 0.3) is 0 Å². The van der Waals surface area contributed by atoms with Gasteiger partial charge in [0, 0.05) is 48.2 Å². The molecule has 0 aromatic heterocycles. The number of amides is 5. The first-order chi connectivity index (χ1) is 25.8. The number of nitrogens with zero attached hydrogens (tertiary/aromatic N) is 3. The van der Waals surface area contributed by atoms with Gasteiger partial charge < -0.3 is 39.9 Å². The van der Waals surface area contributed by atoms with Gasteiger partial charge in [-0.1, -0.05) is 85.2 Å². The molecule has 1 fully saturated rings. The lowest BCUT2D eigenvalue weighted by molar-refractivity contribution is -0.149. The SMILES string of the molecule is CC[C@H](C)[C@@H]([C@@H](CC(=O)N1CCC[C@H]1[C@H](OC)[C@@H](C)C(=O)N[C@@H](Cc1ccccc1)C(=O)O)OC)N(C)C(=O)[C@@H](NC(=O)C(C(C)C)N(C)C(C)=O)C(C)C. The van der Waals surface area contributed by atoms with Crippen molar-refractivity contribution >= 4 is 35.5 Å². The van der Waals surface area contributed by atoms with Gasteiger partial charge in [-0.25, -0.2) is 4.79 Å². The lowest BCUT2D eigenvalue weighted by Crippen LogP contribution is -2.60. The van der Waals surface area contributed by atoms with Gasteiger partial charge in [0.15, 0.2) is 0 Å². The number of rotatable bonds is 21. The predicted molar refractivity (Wildman–Crippen MR) is 210 cm³/mol. The number of carboxylic acids is 1. The maximum Gasteiger partial charge on any atom is 0.326 e. The van der Waals surface area contributed by atoms with Crippen molar-refractivity contribution in [2.24, 2.45) is 23.7 Å². The summed E-state index contributed by atoms with van der Waals surface area (Å²) in [6.45, 7) is 14.9. The van der Waals surface area contributed by atoms with Gasteiger partial charge >= 0.3 is 5.97 Å². The van der Waals surface area contributed by atoms with E-state index in [0.29, 0.717) is 25.8 Å². The summed E-state index contributed by atoms with van der Waals surface area (Å²) in [4.78, 5) is 84.4. The molecule has 1 saturated heterocycles. The molecule has 3 N–H and O–H groups in total. The van der Waals surface area contributed by atoms with Crippen molar-refractivity contribution < 1.29 is 43.3 Å². The van der Waals surface area contributed by atoms with Gasteiger partial charge in [0.1, 0.15) is 18.1 Å². The second-order valence-electron chi connectivity index (χ2n) is 15.7. The van der Waals surface area contributed by atoms with Gasteiger partial charge in [0.2, 0.25) is 29.5 Å². The van der Waals surface area contributed by atoms with Crippen LogP contribution in [-0.2, 0) is 44.7 Å². The Bertz CT molecular complexity index is 1440. The second-order valence-corrected chi connectivity index (χ2v) is 15.7. The van der Waals surface area contributed by atoms with E-state index >= 15 is 0 Å². The van der Waals surface area contributed by atoms with Crippen LogP contribution in [-0.4, -0.2) is 133 Å². The van der Waals surface area contributed by atoms with Crippen LogP contribution in [0.4, 0.5) is 0 Å². The molecule has 14 heteroatoms. The number of ether oxygens (including phenoxy) is 2. The number of carboxylic acid groups (broad SMARTS) is 1. The fourth-order valence-corrected chi connectivity index (χ4v) is 7.75. The van der Waals surface area contributed by atoms with E-state index in [1.54, 1.807) is 43.0 Å². The summed E-state index contributed by atoms with van der Waals surface area (Å²) in [5.41, 5.74) is 0.774. The first kappa shape index (κ1) is 47.1. The summed E-state index contributed by atoms with van der Waals surface area (Å²) in [6.07, 6.45) is 0.613. The van der Waals surface area contributed by atoms with Crippen LogP contribution in [0, 0.1) is 23.7 Å². The minimum absolute atomic E-state index is 0.0493. The van der Waals surface area contributed by atoms with Crippen LogP contribution < -0.4 is 10.6 Å². The lowest BCUT2D eigenvalue weighted by atomic mass is 9.89. The van der Waals surface area contributed by atoms with Crippen LogP contribution in [0.2, 0.25) is 0 Å². The smallest absolute Gasteiger partial charge is 0.326 e. The zero-order chi connectivity index (χ0) is 41.7. The summed E-state index contributed by atoms with van der Waals surface area (Å²) in [7, 11) is 6.23. The summed E-state index contributed by atoms with van der Waals surface area (Å²) >= 11 is 0. The normalized spacial score (nSPS) is 18.7. The molecule has 0 bridgehead atoms. The molecule has 0 spiro atoms. The zero-order valence-electron chi connectivity index (χ0n) is 35.0. The van der Waals surface area contributed by atoms with Crippen LogP contribution in [0.15, 0.2) is 30.3 Å². The molecule has 0 aliphatic carbocycles. The molecule has 14 nitrogen and oxygen atoms in total. The molecule has 2 rings (SSSR count). The first-order valence-electron chi connectivity index (χ1n) is 19.5. The molecule has 1 aromatic rings. The van der Waals surface area contributed by atoms with Gasteiger partial charge in [-0.2, -0.15) is 0 Å². The highest BCUT2D eigenvalue weighted by molar-refractivity contribution is 5.92. The Kier molecular flexibility index (Phi) is 18.8. The van der Waals surface area contributed by atoms with Crippen molar-refractivity contribution in [2.45, 2.75) is 130 Å². The van der Waals surface area contributed by atoms with E-state index in [2.05, 4.69) is 10.6 Å². The van der Waals surface area contributed by atoms with Crippen LogP contribution in [0.25, 0.3) is 0 Å². The maximum absolute atomic E-state index is 14.3. The molecule has 1 aromatic carbocycles. The number of likely N-dealkylation sites (N-methyl/N-ethyl adjacent to an activating group) is 2. The number of benzene rings is 1. The van der Waals surface area contributed by atoms with E-state index in [9.17, 15) is 33.9 Å². The third kappa shape index (κ3) is 12.5. The van der Waals surface area contributed by atoms with Gasteiger partial charge in [-0.3, -0.25) is 24.0 Å². The number of carbonyl (C=O) groups is 6. The molecule has 310 valence electrons. The van der Waals surface area contributed by atoms with E-state index in [1.165, 1.54) is 26.0 Å². The molecule has 1 aliphatic heterocycles. The van der Waals surface area contributed by atoms with Crippen LogP contribution in [0.1, 0.15) is 86.6 Å². The number of likely N-dealkylation sites (tertiary alicyclic amines) is 1. The van der Waals surface area contributed by atoms with Crippen molar-refractivity contribution in [3.8, 4) is 0 Å². The van der Waals surface area contributed by atoms with E-state index in [0.717, 1.165) is 5.56 Å². The largest absolute Gasteiger partial charge is 0.480 e. The van der Waals surface area contributed by atoms with Crippen molar-refractivity contribution in [3.05, 3.63) is 35.9 Å². The highest BCUT2D eigenvalue weighted by Crippen LogP contribution is 2.30. The molecule has 1 unspecified atom stereocenters. The Hall–Kier alpha value is -4.04. The molecule has 1 aliphatic rings. The first-order valence-corrected chi connectivity index (χ1v) is 19.5. The average Bonchev–Trinajstić information content (AvgIpc) is 3.62. The minimum Gasteiger partial charge on any atom is -0.480 e. The highest BCUT2D eigenvalue weighted by atomic mass is 16.5. The Balaban J connectivity index is 2.29. The number of aliphatic carboxylic acids is 1. The van der Waals surface area contributed by atoms with Gasteiger partial charge in [-0.15, -0.1) is 0 Å². The summed E-state index contributed by atoms with van der Waals surface area (Å²) in [6, 6.07) is 5.27. The number of hydrogen-bond donors (Lipinski definition) is 3. The van der Waals surface area contributed by atoms with Gasteiger partial charge in [-0.05, 0) is 36.2 Å². The molecular formula is C41H67N5O9. The summed E-state index contributed by atoms with van der Waals surface area (Å²) < 4.78 is 11.8. The summed E-state index contributed by atoms with van der Waals surface area (Å²) in [5.74, 6) is -4.21. The minimum atomic E-state index is -1.15. The third-order valence-corrected chi connectivity index (χ3v) is 11.2.